The summed E-state index contributed by atoms with van der Waals surface area (Å²) in [5, 5.41) is 9.97. The zero-order valence-corrected chi connectivity index (χ0v) is 19.4. The zero-order chi connectivity index (χ0) is 22.7. The normalized spacial score (nSPS) is 16.2. The maximum Gasteiger partial charge on any atom is 0.307 e. The van der Waals surface area contributed by atoms with Crippen LogP contribution < -0.4 is 9.46 Å². The van der Waals surface area contributed by atoms with Crippen LogP contribution >= 0.6 is 11.6 Å². The van der Waals surface area contributed by atoms with Crippen LogP contribution in [0.15, 0.2) is 58.7 Å². The van der Waals surface area contributed by atoms with Crippen molar-refractivity contribution in [1.82, 2.24) is 0 Å². The van der Waals surface area contributed by atoms with Crippen LogP contribution in [0.4, 0.5) is 5.69 Å². The Bertz CT molecular complexity index is 1150. The van der Waals surface area contributed by atoms with Gasteiger partial charge in [0, 0.05) is 10.6 Å². The van der Waals surface area contributed by atoms with E-state index in [0.717, 1.165) is 22.3 Å². The number of benzene rings is 2. The van der Waals surface area contributed by atoms with Crippen LogP contribution in [-0.4, -0.2) is 15.3 Å². The number of rotatable bonds is 5. The Balaban J connectivity index is 2.22. The fourth-order valence-electron chi connectivity index (χ4n) is 3.53. The van der Waals surface area contributed by atoms with Gasteiger partial charge in [-0.2, -0.15) is 0 Å². The molecule has 0 aliphatic carbocycles. The van der Waals surface area contributed by atoms with Crippen molar-refractivity contribution in [2.75, 3.05) is 4.72 Å². The summed E-state index contributed by atoms with van der Waals surface area (Å²) in [7, 11) is -1.63. The van der Waals surface area contributed by atoms with Crippen LogP contribution in [0.2, 0.25) is 0 Å². The Labute approximate surface area is 189 Å². The van der Waals surface area contributed by atoms with Gasteiger partial charge in [-0.1, -0.05) is 47.5 Å². The van der Waals surface area contributed by atoms with Gasteiger partial charge >= 0.3 is 5.97 Å². The third-order valence-corrected chi connectivity index (χ3v) is 6.31. The van der Waals surface area contributed by atoms with Crippen LogP contribution in [0.25, 0.3) is 11.1 Å². The van der Waals surface area contributed by atoms with Crippen LogP contribution in [-0.2, 0) is 22.2 Å². The minimum Gasteiger partial charge on any atom is -0.481 e. The maximum absolute atomic E-state index is 12.9. The molecular formula is C24H24ClNO4S. The van der Waals surface area contributed by atoms with E-state index in [0.29, 0.717) is 32.5 Å². The molecule has 0 fully saturated rings. The summed E-state index contributed by atoms with van der Waals surface area (Å²) >= 11 is 6.16. The molecule has 3 rings (SSSR count). The number of aryl methyl sites for hydroxylation is 1. The molecule has 31 heavy (non-hydrogen) atoms. The topological polar surface area (TPSA) is 75.6 Å². The van der Waals surface area contributed by atoms with E-state index >= 15 is 0 Å². The van der Waals surface area contributed by atoms with Crippen molar-refractivity contribution in [2.45, 2.75) is 34.1 Å². The molecule has 5 nitrogen and oxygen atoms in total. The van der Waals surface area contributed by atoms with Crippen molar-refractivity contribution in [3.8, 4) is 16.9 Å². The number of allylic oxidation sites excluding steroid dienone is 4. The summed E-state index contributed by atoms with van der Waals surface area (Å²) in [5.41, 5.74) is 5.45. The Hall–Kier alpha value is -2.83. The van der Waals surface area contributed by atoms with Gasteiger partial charge in [0.2, 0.25) is 0 Å². The molecule has 0 saturated carbocycles. The highest BCUT2D eigenvalue weighted by molar-refractivity contribution is 7.90. The predicted molar refractivity (Wildman–Crippen MR) is 127 cm³/mol. The molecule has 0 radical (unpaired) electrons. The van der Waals surface area contributed by atoms with Crippen molar-refractivity contribution < 1.29 is 18.8 Å². The van der Waals surface area contributed by atoms with Crippen LogP contribution in [0.3, 0.4) is 0 Å². The maximum atomic E-state index is 12.9. The van der Waals surface area contributed by atoms with Crippen molar-refractivity contribution >= 4 is 34.2 Å². The first-order chi connectivity index (χ1) is 14.7. The Kier molecular flexibility index (Phi) is 7.03. The minimum absolute atomic E-state index is 0.162. The van der Waals surface area contributed by atoms with E-state index in [1.807, 2.05) is 52.0 Å². The molecule has 1 aliphatic heterocycles. The molecule has 1 unspecified atom stereocenters. The molecular weight excluding hydrogens is 434 g/mol. The molecule has 1 atom stereocenters. The Morgan fingerprint density at radius 3 is 2.48 bits per heavy atom. The summed E-state index contributed by atoms with van der Waals surface area (Å²) in [4.78, 5) is 12.0. The van der Waals surface area contributed by atoms with E-state index in [1.54, 1.807) is 18.2 Å². The van der Waals surface area contributed by atoms with Crippen molar-refractivity contribution in [3.63, 3.8) is 0 Å². The lowest BCUT2D eigenvalue weighted by atomic mass is 9.88. The average Bonchev–Trinajstić information content (AvgIpc) is 2.87. The SMILES string of the molecule is C/C=C\C(Cl)=C/C1=COc2c(C)c(-c3ccc(C)cc3)c(CC(=O)O)c(C)c2NS1=O. The molecule has 162 valence electrons. The smallest absolute Gasteiger partial charge is 0.307 e. The summed E-state index contributed by atoms with van der Waals surface area (Å²) < 4.78 is 21.9. The fraction of sp³-hybridized carbons (Fsp3) is 0.208. The van der Waals surface area contributed by atoms with Crippen LogP contribution in [0, 0.1) is 20.8 Å². The van der Waals surface area contributed by atoms with E-state index in [4.69, 9.17) is 16.3 Å². The molecule has 7 heteroatoms. The van der Waals surface area contributed by atoms with Gasteiger partial charge in [-0.3, -0.25) is 9.52 Å². The summed E-state index contributed by atoms with van der Waals surface area (Å²) in [6.07, 6.45) is 6.30. The number of carboxylic acids is 1. The number of hydrogen-bond donors (Lipinski definition) is 2. The first kappa shape index (κ1) is 22.8. The van der Waals surface area contributed by atoms with Gasteiger partial charge in [0.25, 0.3) is 0 Å². The summed E-state index contributed by atoms with van der Waals surface area (Å²) in [6, 6.07) is 7.91. The average molecular weight is 458 g/mol. The lowest BCUT2D eigenvalue weighted by molar-refractivity contribution is -0.136. The Morgan fingerprint density at radius 2 is 1.87 bits per heavy atom. The predicted octanol–water partition coefficient (Wildman–Crippen LogP) is 5.91. The van der Waals surface area contributed by atoms with Crippen molar-refractivity contribution in [1.29, 1.82) is 0 Å². The number of nitrogens with one attached hydrogen (secondary N) is 1. The van der Waals surface area contributed by atoms with E-state index in [1.165, 1.54) is 6.26 Å². The van der Waals surface area contributed by atoms with Gasteiger partial charge in [-0.05, 0) is 62.1 Å². The summed E-state index contributed by atoms with van der Waals surface area (Å²) in [5.74, 6) is -0.424. The molecule has 2 N–H and O–H groups in total. The second-order valence-electron chi connectivity index (χ2n) is 7.28. The fourth-order valence-corrected chi connectivity index (χ4v) is 4.76. The number of fused-ring (bicyclic) bond motifs is 1. The van der Waals surface area contributed by atoms with Gasteiger partial charge < -0.3 is 9.84 Å². The highest BCUT2D eigenvalue weighted by atomic mass is 35.5. The third kappa shape index (κ3) is 4.92. The first-order valence-electron chi connectivity index (χ1n) is 9.73. The number of aliphatic carboxylic acids is 1. The number of halogens is 1. The standard InChI is InChI=1S/C24H24ClNO4S/c1-5-6-18(25)11-19-13-30-24-16(4)22(17-9-7-14(2)8-10-17)20(12-21(27)28)15(3)23(24)26-31(19)29/h5-11,13,26H,12H2,1-4H3,(H,27,28)/b6-5-,18-11+. The van der Waals surface area contributed by atoms with Gasteiger partial charge in [0.1, 0.15) is 6.26 Å². The number of carboxylic acid groups (broad SMARTS) is 1. The lowest BCUT2D eigenvalue weighted by Crippen LogP contribution is -2.11. The molecule has 1 heterocycles. The van der Waals surface area contributed by atoms with Gasteiger partial charge in [-0.15, -0.1) is 0 Å². The van der Waals surface area contributed by atoms with E-state index in [-0.39, 0.29) is 6.42 Å². The number of ether oxygens (including phenoxy) is 1. The molecule has 2 aromatic carbocycles. The highest BCUT2D eigenvalue weighted by Crippen LogP contribution is 2.44. The van der Waals surface area contributed by atoms with Crippen molar-refractivity contribution in [3.05, 3.63) is 80.9 Å². The Morgan fingerprint density at radius 1 is 1.19 bits per heavy atom. The molecule has 0 aromatic heterocycles. The lowest BCUT2D eigenvalue weighted by Gasteiger charge is -2.21. The minimum atomic E-state index is -1.63. The molecule has 2 aromatic rings. The zero-order valence-electron chi connectivity index (χ0n) is 17.8. The number of anilines is 1. The number of carbonyl (C=O) groups is 1. The second kappa shape index (κ2) is 9.54. The monoisotopic (exact) mass is 457 g/mol. The van der Waals surface area contributed by atoms with E-state index < -0.39 is 17.0 Å². The summed E-state index contributed by atoms with van der Waals surface area (Å²) in [6.45, 7) is 7.53. The molecule has 0 saturated heterocycles. The van der Waals surface area contributed by atoms with Gasteiger partial charge in [-0.25, -0.2) is 4.21 Å². The quantitative estimate of drug-likeness (QED) is 0.547. The second-order valence-corrected chi connectivity index (χ2v) is 8.93. The van der Waals surface area contributed by atoms with Crippen LogP contribution in [0.1, 0.15) is 29.2 Å². The molecule has 1 aliphatic rings. The largest absolute Gasteiger partial charge is 0.481 e. The molecule has 0 bridgehead atoms. The van der Waals surface area contributed by atoms with Crippen LogP contribution in [0.5, 0.6) is 5.75 Å². The van der Waals surface area contributed by atoms with Gasteiger partial charge in [0.15, 0.2) is 16.7 Å². The van der Waals surface area contributed by atoms with Crippen molar-refractivity contribution in [2.24, 2.45) is 0 Å². The van der Waals surface area contributed by atoms with E-state index in [9.17, 15) is 14.1 Å². The van der Waals surface area contributed by atoms with E-state index in [2.05, 4.69) is 4.72 Å². The first-order valence-corrected chi connectivity index (χ1v) is 11.3. The highest BCUT2D eigenvalue weighted by Gasteiger charge is 2.26. The number of hydrogen-bond acceptors (Lipinski definition) is 3. The molecule has 0 spiro atoms. The molecule has 0 amide bonds. The third-order valence-electron chi connectivity index (χ3n) is 5.05. The van der Waals surface area contributed by atoms with Gasteiger partial charge in [0.05, 0.1) is 17.0 Å².